The molecule has 1 atom stereocenters. The summed E-state index contributed by atoms with van der Waals surface area (Å²) in [6, 6.07) is 5.82. The number of methoxy groups -OCH3 is 3. The molecule has 4 aromatic rings. The maximum Gasteiger partial charge on any atom is 0.297 e. The van der Waals surface area contributed by atoms with Gasteiger partial charge < -0.3 is 18.6 Å². The predicted molar refractivity (Wildman–Crippen MR) is 129 cm³/mol. The first-order valence-corrected chi connectivity index (χ1v) is 11.4. The van der Waals surface area contributed by atoms with E-state index in [1.165, 1.54) is 37.6 Å². The molecule has 174 valence electrons. The van der Waals surface area contributed by atoms with Crippen molar-refractivity contribution in [3.05, 3.63) is 73.5 Å². The van der Waals surface area contributed by atoms with E-state index in [-0.39, 0.29) is 16.8 Å². The van der Waals surface area contributed by atoms with Gasteiger partial charge in [-0.05, 0) is 42.3 Å². The number of halogens is 1. The first kappa shape index (κ1) is 22.2. The van der Waals surface area contributed by atoms with Gasteiger partial charge in [0, 0.05) is 16.6 Å². The molecule has 1 unspecified atom stereocenters. The summed E-state index contributed by atoms with van der Waals surface area (Å²) in [4.78, 5) is 33.1. The van der Waals surface area contributed by atoms with E-state index in [1.807, 2.05) is 0 Å². The summed E-state index contributed by atoms with van der Waals surface area (Å²) in [5, 5.41) is 2.91. The minimum atomic E-state index is -0.830. The Labute approximate surface area is 203 Å². The zero-order valence-electron chi connectivity index (χ0n) is 18.7. The van der Waals surface area contributed by atoms with Crippen molar-refractivity contribution in [2.75, 3.05) is 26.2 Å². The van der Waals surface area contributed by atoms with Gasteiger partial charge in [0.05, 0.1) is 38.3 Å². The molecule has 0 fully saturated rings. The standard InChI is InChI=1S/C24H19ClN2O6S/c1-11-7-15-13(10-14(11)25)20(28)18-19(12-8-16(30-2)21(32-4)17(9-12)31-3)27(23(29)22(18)33-15)24-26-5-6-34-24/h5-10,19H,1-4H3. The Balaban J connectivity index is 1.84. The van der Waals surface area contributed by atoms with Crippen molar-refractivity contribution in [2.24, 2.45) is 0 Å². The smallest absolute Gasteiger partial charge is 0.297 e. The highest BCUT2D eigenvalue weighted by Gasteiger charge is 2.45. The number of rotatable bonds is 5. The van der Waals surface area contributed by atoms with E-state index in [1.54, 1.807) is 42.8 Å². The number of hydrogen-bond donors (Lipinski definition) is 0. The normalized spacial score (nSPS) is 15.0. The van der Waals surface area contributed by atoms with Crippen molar-refractivity contribution in [1.29, 1.82) is 0 Å². The maximum absolute atomic E-state index is 13.8. The molecule has 8 nitrogen and oxygen atoms in total. The van der Waals surface area contributed by atoms with Crippen LogP contribution in [-0.2, 0) is 0 Å². The van der Waals surface area contributed by atoms with Crippen molar-refractivity contribution in [1.82, 2.24) is 4.98 Å². The van der Waals surface area contributed by atoms with Gasteiger partial charge in [-0.3, -0.25) is 14.5 Å². The summed E-state index contributed by atoms with van der Waals surface area (Å²) >= 11 is 7.58. The molecule has 1 aliphatic heterocycles. The van der Waals surface area contributed by atoms with Crippen molar-refractivity contribution >= 4 is 44.9 Å². The van der Waals surface area contributed by atoms with Gasteiger partial charge in [-0.2, -0.15) is 0 Å². The number of nitrogens with zero attached hydrogens (tertiary/aromatic N) is 2. The maximum atomic E-state index is 13.8. The van der Waals surface area contributed by atoms with Crippen LogP contribution in [0.1, 0.15) is 33.3 Å². The molecular formula is C24H19ClN2O6S. The number of fused-ring (bicyclic) bond motifs is 2. The second-order valence-corrected chi connectivity index (χ2v) is 8.90. The number of thiazole rings is 1. The quantitative estimate of drug-likeness (QED) is 0.383. The lowest BCUT2D eigenvalue weighted by molar-refractivity contribution is 0.0971. The zero-order valence-corrected chi connectivity index (χ0v) is 20.2. The van der Waals surface area contributed by atoms with Crippen LogP contribution in [0.4, 0.5) is 5.13 Å². The van der Waals surface area contributed by atoms with E-state index in [4.69, 9.17) is 30.2 Å². The SMILES string of the molecule is COc1cc(C2c3c(oc4cc(C)c(Cl)cc4c3=O)C(=O)N2c2nccs2)cc(OC)c1OC. The highest BCUT2D eigenvalue weighted by atomic mass is 35.5. The Morgan fingerprint density at radius 2 is 1.76 bits per heavy atom. The van der Waals surface area contributed by atoms with Gasteiger partial charge in [0.25, 0.3) is 5.91 Å². The lowest BCUT2D eigenvalue weighted by Gasteiger charge is -2.24. The number of benzene rings is 2. The van der Waals surface area contributed by atoms with E-state index < -0.39 is 11.9 Å². The third kappa shape index (κ3) is 3.23. The van der Waals surface area contributed by atoms with Crippen LogP contribution in [-0.4, -0.2) is 32.2 Å². The number of aryl methyl sites for hydroxylation is 1. The van der Waals surface area contributed by atoms with Crippen LogP contribution in [0.2, 0.25) is 5.02 Å². The molecule has 3 heterocycles. The zero-order chi connectivity index (χ0) is 24.1. The second-order valence-electron chi connectivity index (χ2n) is 7.62. The summed E-state index contributed by atoms with van der Waals surface area (Å²) in [5.41, 5.74) is 1.46. The molecule has 0 saturated carbocycles. The molecule has 2 aromatic heterocycles. The number of aromatic nitrogens is 1. The van der Waals surface area contributed by atoms with Gasteiger partial charge >= 0.3 is 0 Å². The fourth-order valence-electron chi connectivity index (χ4n) is 4.20. The van der Waals surface area contributed by atoms with Crippen molar-refractivity contribution in [3.63, 3.8) is 0 Å². The predicted octanol–water partition coefficient (Wildman–Crippen LogP) is 4.99. The van der Waals surface area contributed by atoms with Crippen LogP contribution in [0.3, 0.4) is 0 Å². The van der Waals surface area contributed by atoms with Crippen LogP contribution in [0.5, 0.6) is 17.2 Å². The van der Waals surface area contributed by atoms with Crippen LogP contribution in [0.25, 0.3) is 11.0 Å². The van der Waals surface area contributed by atoms with E-state index in [9.17, 15) is 9.59 Å². The molecule has 0 bridgehead atoms. The van der Waals surface area contributed by atoms with Gasteiger partial charge in [-0.15, -0.1) is 11.3 Å². The van der Waals surface area contributed by atoms with E-state index in [2.05, 4.69) is 4.98 Å². The molecule has 0 radical (unpaired) electrons. The minimum absolute atomic E-state index is 0.0341. The lowest BCUT2D eigenvalue weighted by Crippen LogP contribution is -2.29. The highest BCUT2D eigenvalue weighted by Crippen LogP contribution is 2.46. The molecule has 1 amide bonds. The Kier molecular flexibility index (Phi) is 5.45. The number of carbonyl (C=O) groups is 1. The molecule has 10 heteroatoms. The molecule has 0 saturated heterocycles. The molecule has 34 heavy (non-hydrogen) atoms. The number of ether oxygens (including phenoxy) is 3. The second kappa shape index (κ2) is 8.34. The number of hydrogen-bond acceptors (Lipinski definition) is 8. The molecule has 1 aliphatic rings. The van der Waals surface area contributed by atoms with E-state index in [0.29, 0.717) is 43.9 Å². The first-order valence-electron chi connectivity index (χ1n) is 10.2. The summed E-state index contributed by atoms with van der Waals surface area (Å²) in [6.07, 6.45) is 1.59. The third-order valence-electron chi connectivity index (χ3n) is 5.78. The van der Waals surface area contributed by atoms with Gasteiger partial charge in [-0.1, -0.05) is 11.6 Å². The topological polar surface area (TPSA) is 91.1 Å². The number of amides is 1. The molecular weight excluding hydrogens is 480 g/mol. The van der Waals surface area contributed by atoms with E-state index >= 15 is 0 Å². The van der Waals surface area contributed by atoms with Crippen LogP contribution in [0, 0.1) is 6.92 Å². The average molecular weight is 499 g/mol. The summed E-state index contributed by atoms with van der Waals surface area (Å²) in [5.74, 6) is 0.678. The van der Waals surface area contributed by atoms with Gasteiger partial charge in [0.1, 0.15) is 5.58 Å². The summed E-state index contributed by atoms with van der Waals surface area (Å²) in [6.45, 7) is 1.80. The fourth-order valence-corrected chi connectivity index (χ4v) is 5.03. The minimum Gasteiger partial charge on any atom is -0.493 e. The van der Waals surface area contributed by atoms with Gasteiger partial charge in [-0.25, -0.2) is 4.98 Å². The Morgan fingerprint density at radius 3 is 2.35 bits per heavy atom. The summed E-state index contributed by atoms with van der Waals surface area (Å²) in [7, 11) is 4.50. The monoisotopic (exact) mass is 498 g/mol. The van der Waals surface area contributed by atoms with Crippen molar-refractivity contribution < 1.29 is 23.4 Å². The molecule has 0 N–H and O–H groups in total. The fraction of sp³-hybridized carbons (Fsp3) is 0.208. The Bertz CT molecular complexity index is 1470. The van der Waals surface area contributed by atoms with Crippen LogP contribution >= 0.6 is 22.9 Å². The number of carbonyl (C=O) groups excluding carboxylic acids is 1. The molecule has 2 aromatic carbocycles. The molecule has 0 spiro atoms. The Morgan fingerprint density at radius 1 is 1.06 bits per heavy atom. The van der Waals surface area contributed by atoms with E-state index in [0.717, 1.165) is 5.56 Å². The van der Waals surface area contributed by atoms with Gasteiger partial charge in [0.15, 0.2) is 22.1 Å². The molecule has 0 aliphatic carbocycles. The Hall–Kier alpha value is -3.56. The lowest BCUT2D eigenvalue weighted by atomic mass is 9.97. The van der Waals surface area contributed by atoms with Crippen LogP contribution in [0.15, 0.2) is 45.1 Å². The van der Waals surface area contributed by atoms with Crippen molar-refractivity contribution in [2.45, 2.75) is 13.0 Å². The average Bonchev–Trinajstić information content (AvgIpc) is 3.46. The summed E-state index contributed by atoms with van der Waals surface area (Å²) < 4.78 is 22.5. The molecule has 5 rings (SSSR count). The third-order valence-corrected chi connectivity index (χ3v) is 6.96. The van der Waals surface area contributed by atoms with Crippen molar-refractivity contribution in [3.8, 4) is 17.2 Å². The highest BCUT2D eigenvalue weighted by molar-refractivity contribution is 7.13. The largest absolute Gasteiger partial charge is 0.493 e. The first-order chi connectivity index (χ1) is 16.4. The van der Waals surface area contributed by atoms with Crippen LogP contribution < -0.4 is 24.5 Å². The van der Waals surface area contributed by atoms with Gasteiger partial charge in [0.2, 0.25) is 11.5 Å². The number of anilines is 1.